The van der Waals surface area contributed by atoms with E-state index in [1.807, 2.05) is 0 Å². The molecule has 0 saturated heterocycles. The van der Waals surface area contributed by atoms with E-state index in [4.69, 9.17) is 0 Å². The van der Waals surface area contributed by atoms with Gasteiger partial charge in [-0.2, -0.15) is 0 Å². The SMILES string of the molecule is CCCCCCCCCC(O)CCC(CCCCCCC)S(=O)(=O)[O-].[K+]. The van der Waals surface area contributed by atoms with Gasteiger partial charge in [-0.05, 0) is 25.7 Å². The third-order valence-electron chi connectivity index (χ3n) is 5.00. The predicted molar refractivity (Wildman–Crippen MR) is 105 cm³/mol. The van der Waals surface area contributed by atoms with E-state index in [0.717, 1.165) is 51.4 Å². The van der Waals surface area contributed by atoms with Gasteiger partial charge in [0.2, 0.25) is 0 Å². The first kappa shape index (κ1) is 29.7. The number of rotatable bonds is 18. The molecule has 0 aromatic carbocycles. The fourth-order valence-corrected chi connectivity index (χ4v) is 4.15. The van der Waals surface area contributed by atoms with Gasteiger partial charge in [-0.3, -0.25) is 0 Å². The number of aliphatic hydroxyl groups excluding tert-OH is 1. The van der Waals surface area contributed by atoms with Gasteiger partial charge in [-0.15, -0.1) is 0 Å². The molecule has 0 spiro atoms. The van der Waals surface area contributed by atoms with Gasteiger partial charge in [-0.25, -0.2) is 8.42 Å². The van der Waals surface area contributed by atoms with Crippen LogP contribution in [0.5, 0.6) is 0 Å². The largest absolute Gasteiger partial charge is 1.00 e. The zero-order valence-corrected chi connectivity index (χ0v) is 21.5. The maximum Gasteiger partial charge on any atom is 1.00 e. The third-order valence-corrected chi connectivity index (χ3v) is 6.29. The van der Waals surface area contributed by atoms with E-state index >= 15 is 0 Å². The van der Waals surface area contributed by atoms with Crippen LogP contribution in [0.15, 0.2) is 0 Å². The molecule has 0 heterocycles. The molecule has 0 fully saturated rings. The molecular weight excluding hydrogens is 375 g/mol. The molecule has 152 valence electrons. The zero-order chi connectivity index (χ0) is 19.0. The Morgan fingerprint density at radius 3 is 1.58 bits per heavy atom. The molecule has 0 radical (unpaired) electrons. The summed E-state index contributed by atoms with van der Waals surface area (Å²) in [5, 5.41) is 9.23. The Kier molecular flexibility index (Phi) is 22.6. The summed E-state index contributed by atoms with van der Waals surface area (Å²) in [5.74, 6) is 0. The first-order valence-corrected chi connectivity index (χ1v) is 12.0. The van der Waals surface area contributed by atoms with E-state index in [0.29, 0.717) is 19.3 Å². The molecule has 26 heavy (non-hydrogen) atoms. The minimum Gasteiger partial charge on any atom is -0.748 e. The van der Waals surface area contributed by atoms with Crippen molar-refractivity contribution in [3.05, 3.63) is 0 Å². The summed E-state index contributed by atoms with van der Waals surface area (Å²) < 4.78 is 34.2. The molecule has 0 saturated carbocycles. The van der Waals surface area contributed by atoms with Crippen LogP contribution in [0.3, 0.4) is 0 Å². The molecule has 0 aromatic heterocycles. The van der Waals surface area contributed by atoms with Crippen molar-refractivity contribution in [3.63, 3.8) is 0 Å². The topological polar surface area (TPSA) is 77.4 Å². The molecule has 0 aliphatic rings. The van der Waals surface area contributed by atoms with Gasteiger partial charge < -0.3 is 9.66 Å². The number of hydrogen-bond acceptors (Lipinski definition) is 4. The van der Waals surface area contributed by atoms with Crippen molar-refractivity contribution in [1.82, 2.24) is 0 Å². The van der Waals surface area contributed by atoms with E-state index in [2.05, 4.69) is 13.8 Å². The van der Waals surface area contributed by atoms with Gasteiger partial charge in [0.25, 0.3) is 0 Å². The molecule has 1 N–H and O–H groups in total. The Bertz CT molecular complexity index is 387. The number of hydrogen-bond donors (Lipinski definition) is 1. The Morgan fingerprint density at radius 2 is 1.12 bits per heavy atom. The van der Waals surface area contributed by atoms with Crippen LogP contribution in [-0.2, 0) is 10.1 Å². The number of unbranched alkanes of at least 4 members (excludes halogenated alkanes) is 10. The molecule has 2 atom stereocenters. The minimum atomic E-state index is -4.25. The van der Waals surface area contributed by atoms with Gasteiger partial charge in [0.05, 0.1) is 16.2 Å². The van der Waals surface area contributed by atoms with Crippen LogP contribution in [0.4, 0.5) is 0 Å². The van der Waals surface area contributed by atoms with Crippen molar-refractivity contribution >= 4 is 10.1 Å². The summed E-state index contributed by atoms with van der Waals surface area (Å²) in [6, 6.07) is 0. The molecule has 0 aromatic rings. The molecule has 0 aliphatic heterocycles. The van der Waals surface area contributed by atoms with Crippen molar-refractivity contribution in [3.8, 4) is 0 Å². The number of aliphatic hydroxyl groups is 1. The average Bonchev–Trinajstić information content (AvgIpc) is 2.55. The van der Waals surface area contributed by atoms with Gasteiger partial charge >= 0.3 is 51.4 Å². The van der Waals surface area contributed by atoms with Crippen LogP contribution in [0, 0.1) is 0 Å². The summed E-state index contributed by atoms with van der Waals surface area (Å²) in [6.07, 6.45) is 15.0. The maximum atomic E-state index is 11.4. The Balaban J connectivity index is 0. The van der Waals surface area contributed by atoms with Crippen LogP contribution in [0.2, 0.25) is 0 Å². The van der Waals surface area contributed by atoms with Crippen molar-refractivity contribution in [2.75, 3.05) is 0 Å². The minimum absolute atomic E-state index is 0. The molecule has 2 unspecified atom stereocenters. The van der Waals surface area contributed by atoms with Crippen LogP contribution < -0.4 is 51.4 Å². The normalized spacial score (nSPS) is 14.0. The molecule has 0 bridgehead atoms. The molecule has 4 nitrogen and oxygen atoms in total. The second-order valence-corrected chi connectivity index (χ2v) is 9.11. The Hall–Kier alpha value is 1.51. The Morgan fingerprint density at radius 1 is 0.692 bits per heavy atom. The van der Waals surface area contributed by atoms with Crippen molar-refractivity contribution in [2.45, 2.75) is 128 Å². The van der Waals surface area contributed by atoms with E-state index in [1.54, 1.807) is 0 Å². The average molecular weight is 417 g/mol. The third kappa shape index (κ3) is 18.9. The second-order valence-electron chi connectivity index (χ2n) is 7.46. The van der Waals surface area contributed by atoms with Crippen LogP contribution in [-0.4, -0.2) is 29.4 Å². The summed E-state index contributed by atoms with van der Waals surface area (Å²) in [7, 11) is -4.25. The maximum absolute atomic E-state index is 11.4. The molecular formula is C20H41KO4S. The first-order valence-electron chi connectivity index (χ1n) is 10.5. The summed E-state index contributed by atoms with van der Waals surface area (Å²) in [5.41, 5.74) is 0. The van der Waals surface area contributed by atoms with Crippen molar-refractivity contribution in [1.29, 1.82) is 0 Å². The quantitative estimate of drug-likeness (QED) is 0.212. The van der Waals surface area contributed by atoms with E-state index < -0.39 is 21.5 Å². The van der Waals surface area contributed by atoms with Crippen LogP contribution >= 0.6 is 0 Å². The zero-order valence-electron chi connectivity index (χ0n) is 17.5. The predicted octanol–water partition coefficient (Wildman–Crippen LogP) is 2.55. The van der Waals surface area contributed by atoms with E-state index in [-0.39, 0.29) is 51.4 Å². The second kappa shape index (κ2) is 19.8. The fourth-order valence-electron chi connectivity index (χ4n) is 3.27. The molecule has 0 amide bonds. The van der Waals surface area contributed by atoms with Gasteiger partial charge in [0.15, 0.2) is 0 Å². The van der Waals surface area contributed by atoms with Crippen LogP contribution in [0.25, 0.3) is 0 Å². The molecule has 6 heteroatoms. The van der Waals surface area contributed by atoms with Crippen molar-refractivity contribution in [2.24, 2.45) is 0 Å². The first-order chi connectivity index (χ1) is 11.9. The van der Waals surface area contributed by atoms with Crippen molar-refractivity contribution < 1.29 is 69.5 Å². The van der Waals surface area contributed by atoms with Gasteiger partial charge in [0.1, 0.15) is 0 Å². The van der Waals surface area contributed by atoms with Gasteiger partial charge in [-0.1, -0.05) is 90.9 Å². The smallest absolute Gasteiger partial charge is 0.748 e. The van der Waals surface area contributed by atoms with Crippen LogP contribution in [0.1, 0.15) is 117 Å². The van der Waals surface area contributed by atoms with E-state index in [1.165, 1.54) is 32.1 Å². The fraction of sp³-hybridized carbons (Fsp3) is 1.00. The van der Waals surface area contributed by atoms with E-state index in [9.17, 15) is 18.1 Å². The monoisotopic (exact) mass is 416 g/mol. The molecule has 0 rings (SSSR count). The summed E-state index contributed by atoms with van der Waals surface area (Å²) in [6.45, 7) is 4.34. The molecule has 0 aliphatic carbocycles. The van der Waals surface area contributed by atoms with Gasteiger partial charge in [0, 0.05) is 5.25 Å². The summed E-state index contributed by atoms with van der Waals surface area (Å²) in [4.78, 5) is 0. The standard InChI is InChI=1S/C20H42O4S.K/c1-3-5-7-9-10-12-13-15-19(21)17-18-20(25(22,23)24)16-14-11-8-6-4-2;/h19-21H,3-18H2,1-2H3,(H,22,23,24);/q;+1/p-1. The summed E-state index contributed by atoms with van der Waals surface area (Å²) >= 11 is 0. The Labute approximate surface area is 205 Å².